The van der Waals surface area contributed by atoms with E-state index in [1.165, 1.54) is 23.5 Å². The van der Waals surface area contributed by atoms with Crippen molar-refractivity contribution in [3.63, 3.8) is 0 Å². The second-order valence-corrected chi connectivity index (χ2v) is 7.62. The van der Waals surface area contributed by atoms with Gasteiger partial charge in [-0.3, -0.25) is 9.59 Å². The maximum Gasteiger partial charge on any atom is 0.335 e. The Morgan fingerprint density at radius 1 is 1.12 bits per heavy atom. The lowest BCUT2D eigenvalue weighted by Gasteiger charge is -2.32. The number of hydrogen-bond donors (Lipinski definition) is 2. The van der Waals surface area contributed by atoms with Gasteiger partial charge in [0.15, 0.2) is 0 Å². The van der Waals surface area contributed by atoms with Crippen molar-refractivity contribution in [1.82, 2.24) is 10.2 Å². The predicted molar refractivity (Wildman–Crippen MR) is 98.8 cm³/mol. The van der Waals surface area contributed by atoms with Gasteiger partial charge in [0.1, 0.15) is 0 Å². The van der Waals surface area contributed by atoms with Crippen molar-refractivity contribution in [2.24, 2.45) is 0 Å². The number of carbonyl (C=O) groups is 3. The minimum Gasteiger partial charge on any atom is -0.478 e. The number of benzene rings is 1. The van der Waals surface area contributed by atoms with Gasteiger partial charge in [-0.05, 0) is 50.1 Å². The quantitative estimate of drug-likeness (QED) is 0.864. The first-order valence-electron chi connectivity index (χ1n) is 8.44. The molecule has 6 nitrogen and oxygen atoms in total. The summed E-state index contributed by atoms with van der Waals surface area (Å²) in [5.41, 5.74) is 0.477. The van der Waals surface area contributed by atoms with E-state index in [1.54, 1.807) is 17.0 Å². The third-order valence-corrected chi connectivity index (χ3v) is 5.44. The van der Waals surface area contributed by atoms with E-state index in [0.717, 1.165) is 4.88 Å². The van der Waals surface area contributed by atoms with Crippen LogP contribution >= 0.6 is 11.3 Å². The summed E-state index contributed by atoms with van der Waals surface area (Å²) in [5, 5.41) is 12.1. The maximum atomic E-state index is 12.6. The SMILES string of the molecule is Cc1ccc(C(=O)NC2CCN(C(=O)c3cccc(C(=O)O)c3)CC2)s1. The number of nitrogens with one attached hydrogen (secondary N) is 1. The van der Waals surface area contributed by atoms with Crippen LogP contribution in [-0.4, -0.2) is 46.9 Å². The van der Waals surface area contributed by atoms with Crippen molar-refractivity contribution in [3.05, 3.63) is 57.3 Å². The average Bonchev–Trinajstić information content (AvgIpc) is 3.08. The highest BCUT2D eigenvalue weighted by atomic mass is 32.1. The van der Waals surface area contributed by atoms with E-state index in [-0.39, 0.29) is 23.4 Å². The lowest BCUT2D eigenvalue weighted by atomic mass is 10.0. The highest BCUT2D eigenvalue weighted by molar-refractivity contribution is 7.13. The van der Waals surface area contributed by atoms with Crippen LogP contribution in [-0.2, 0) is 0 Å². The summed E-state index contributed by atoms with van der Waals surface area (Å²) >= 11 is 1.47. The molecule has 0 aliphatic carbocycles. The van der Waals surface area contributed by atoms with Crippen LogP contribution in [0.15, 0.2) is 36.4 Å². The molecular weight excluding hydrogens is 352 g/mol. The number of aryl methyl sites for hydroxylation is 1. The first kappa shape index (κ1) is 18.1. The number of carbonyl (C=O) groups excluding carboxylic acids is 2. The number of aromatic carboxylic acids is 1. The van der Waals surface area contributed by atoms with Gasteiger partial charge in [-0.25, -0.2) is 4.79 Å². The van der Waals surface area contributed by atoms with E-state index in [0.29, 0.717) is 36.4 Å². The number of rotatable bonds is 4. The first-order valence-corrected chi connectivity index (χ1v) is 9.25. The molecule has 1 saturated heterocycles. The molecule has 1 aliphatic rings. The molecule has 0 saturated carbocycles. The fourth-order valence-corrected chi connectivity index (χ4v) is 3.78. The second kappa shape index (κ2) is 7.70. The minimum atomic E-state index is -1.05. The van der Waals surface area contributed by atoms with Crippen LogP contribution in [0, 0.1) is 6.92 Å². The van der Waals surface area contributed by atoms with E-state index in [1.807, 2.05) is 19.1 Å². The molecule has 136 valence electrons. The van der Waals surface area contributed by atoms with Crippen LogP contribution in [0.2, 0.25) is 0 Å². The number of nitrogens with zero attached hydrogens (tertiary/aromatic N) is 1. The summed E-state index contributed by atoms with van der Waals surface area (Å²) in [6.45, 7) is 3.03. The summed E-state index contributed by atoms with van der Waals surface area (Å²) in [7, 11) is 0. The zero-order chi connectivity index (χ0) is 18.7. The molecule has 2 amide bonds. The first-order chi connectivity index (χ1) is 12.4. The number of carboxylic acid groups (broad SMARTS) is 1. The third kappa shape index (κ3) is 4.11. The molecule has 0 atom stereocenters. The van der Waals surface area contributed by atoms with E-state index >= 15 is 0 Å². The van der Waals surface area contributed by atoms with Gasteiger partial charge < -0.3 is 15.3 Å². The molecule has 1 aromatic carbocycles. The maximum absolute atomic E-state index is 12.6. The molecule has 0 bridgehead atoms. The molecule has 26 heavy (non-hydrogen) atoms. The predicted octanol–water partition coefficient (Wildman–Crippen LogP) is 2.79. The Morgan fingerprint density at radius 2 is 1.81 bits per heavy atom. The van der Waals surface area contributed by atoms with Crippen LogP contribution in [0.4, 0.5) is 0 Å². The van der Waals surface area contributed by atoms with Gasteiger partial charge in [0.25, 0.3) is 11.8 Å². The van der Waals surface area contributed by atoms with Crippen LogP contribution in [0.1, 0.15) is 48.1 Å². The minimum absolute atomic E-state index is 0.0410. The average molecular weight is 372 g/mol. The molecule has 1 fully saturated rings. The van der Waals surface area contributed by atoms with Gasteiger partial charge in [-0.1, -0.05) is 6.07 Å². The number of likely N-dealkylation sites (tertiary alicyclic amines) is 1. The summed E-state index contributed by atoms with van der Waals surface area (Å²) in [5.74, 6) is -1.29. The second-order valence-electron chi connectivity index (χ2n) is 6.34. The normalized spacial score (nSPS) is 14.9. The molecule has 7 heteroatoms. The van der Waals surface area contributed by atoms with Gasteiger partial charge in [-0.15, -0.1) is 11.3 Å². The van der Waals surface area contributed by atoms with Crippen molar-refractivity contribution < 1.29 is 19.5 Å². The number of thiophene rings is 1. The van der Waals surface area contributed by atoms with Gasteiger partial charge in [0.2, 0.25) is 0 Å². The number of hydrogen-bond acceptors (Lipinski definition) is 4. The third-order valence-electron chi connectivity index (χ3n) is 4.44. The smallest absolute Gasteiger partial charge is 0.335 e. The summed E-state index contributed by atoms with van der Waals surface area (Å²) in [6, 6.07) is 9.86. The van der Waals surface area contributed by atoms with Crippen LogP contribution in [0.25, 0.3) is 0 Å². The zero-order valence-corrected chi connectivity index (χ0v) is 15.2. The summed E-state index contributed by atoms with van der Waals surface area (Å²) < 4.78 is 0. The molecule has 1 aromatic heterocycles. The molecule has 1 aliphatic heterocycles. The highest BCUT2D eigenvalue weighted by Crippen LogP contribution is 2.18. The molecule has 2 aromatic rings. The number of amides is 2. The summed E-state index contributed by atoms with van der Waals surface area (Å²) in [6.07, 6.45) is 1.36. The van der Waals surface area contributed by atoms with Gasteiger partial charge in [-0.2, -0.15) is 0 Å². The van der Waals surface area contributed by atoms with Crippen molar-refractivity contribution in [1.29, 1.82) is 0 Å². The Bertz CT molecular complexity index is 838. The zero-order valence-electron chi connectivity index (χ0n) is 14.4. The van der Waals surface area contributed by atoms with E-state index in [2.05, 4.69) is 5.32 Å². The van der Waals surface area contributed by atoms with Crippen molar-refractivity contribution in [2.75, 3.05) is 13.1 Å². The molecule has 0 radical (unpaired) electrons. The Morgan fingerprint density at radius 3 is 2.42 bits per heavy atom. The van der Waals surface area contributed by atoms with Gasteiger partial charge in [0, 0.05) is 29.6 Å². The largest absolute Gasteiger partial charge is 0.478 e. The van der Waals surface area contributed by atoms with Crippen LogP contribution < -0.4 is 5.32 Å². The van der Waals surface area contributed by atoms with E-state index in [4.69, 9.17) is 5.11 Å². The van der Waals surface area contributed by atoms with Crippen LogP contribution in [0.3, 0.4) is 0 Å². The standard InChI is InChI=1S/C19H20N2O4S/c1-12-5-6-16(26-12)17(22)20-15-7-9-21(10-8-15)18(23)13-3-2-4-14(11-13)19(24)25/h2-6,11,15H,7-10H2,1H3,(H,20,22)(H,24,25). The fourth-order valence-electron chi connectivity index (χ4n) is 3.01. The highest BCUT2D eigenvalue weighted by Gasteiger charge is 2.25. The van der Waals surface area contributed by atoms with Crippen LogP contribution in [0.5, 0.6) is 0 Å². The number of piperidine rings is 1. The van der Waals surface area contributed by atoms with E-state index < -0.39 is 5.97 Å². The molecule has 2 N–H and O–H groups in total. The fraction of sp³-hybridized carbons (Fsp3) is 0.316. The van der Waals surface area contributed by atoms with E-state index in [9.17, 15) is 14.4 Å². The molecular formula is C19H20N2O4S. The lowest BCUT2D eigenvalue weighted by molar-refractivity contribution is 0.0695. The van der Waals surface area contributed by atoms with Gasteiger partial charge >= 0.3 is 5.97 Å². The lowest BCUT2D eigenvalue weighted by Crippen LogP contribution is -2.46. The number of carboxylic acids is 1. The topological polar surface area (TPSA) is 86.7 Å². The summed E-state index contributed by atoms with van der Waals surface area (Å²) in [4.78, 5) is 39.4. The molecule has 2 heterocycles. The van der Waals surface area contributed by atoms with Crippen molar-refractivity contribution in [3.8, 4) is 0 Å². The Kier molecular flexibility index (Phi) is 5.37. The molecule has 0 unspecified atom stereocenters. The van der Waals surface area contributed by atoms with Crippen molar-refractivity contribution >= 4 is 29.1 Å². The Hall–Kier alpha value is -2.67. The Labute approximate surface area is 155 Å². The molecule has 0 spiro atoms. The van der Waals surface area contributed by atoms with Gasteiger partial charge in [0.05, 0.1) is 10.4 Å². The monoisotopic (exact) mass is 372 g/mol. The molecule has 3 rings (SSSR count). The Balaban J connectivity index is 1.56. The van der Waals surface area contributed by atoms with Crippen molar-refractivity contribution in [2.45, 2.75) is 25.8 Å².